The third kappa shape index (κ3) is 4.75. The molecule has 0 spiro atoms. The number of benzene rings is 2. The van der Waals surface area contributed by atoms with E-state index < -0.39 is 17.6 Å². The summed E-state index contributed by atoms with van der Waals surface area (Å²) in [5, 5.41) is 7.28. The average Bonchev–Trinajstić information content (AvgIpc) is 3.27. The lowest BCUT2D eigenvalue weighted by molar-refractivity contribution is -0.137. The van der Waals surface area contributed by atoms with Crippen molar-refractivity contribution in [2.24, 2.45) is 0 Å². The van der Waals surface area contributed by atoms with E-state index in [0.29, 0.717) is 11.0 Å². The van der Waals surface area contributed by atoms with E-state index in [4.69, 9.17) is 0 Å². The highest BCUT2D eigenvalue weighted by Crippen LogP contribution is 2.34. The second-order valence-electron chi connectivity index (χ2n) is 8.14. The van der Waals surface area contributed by atoms with Crippen molar-refractivity contribution in [1.82, 2.24) is 19.7 Å². The summed E-state index contributed by atoms with van der Waals surface area (Å²) >= 11 is 0. The molecular weight excluding hydrogens is 459 g/mol. The molecule has 0 atom stereocenters. The van der Waals surface area contributed by atoms with Crippen molar-refractivity contribution >= 4 is 34.1 Å². The maximum atomic E-state index is 13.2. The van der Waals surface area contributed by atoms with Crippen LogP contribution >= 0.6 is 0 Å². The number of carbonyl (C=O) groups excluding carboxylic acids is 1. The third-order valence-electron chi connectivity index (χ3n) is 5.91. The van der Waals surface area contributed by atoms with Crippen LogP contribution in [0, 0.1) is 0 Å². The van der Waals surface area contributed by atoms with Crippen LogP contribution in [0.15, 0.2) is 67.1 Å². The maximum absolute atomic E-state index is 13.2. The Balaban J connectivity index is 1.30. The Kier molecular flexibility index (Phi) is 5.98. The third-order valence-corrected chi connectivity index (χ3v) is 5.91. The van der Waals surface area contributed by atoms with Crippen molar-refractivity contribution in [2.45, 2.75) is 12.7 Å². The number of aromatic nitrogens is 4. The van der Waals surface area contributed by atoms with Gasteiger partial charge in [0.05, 0.1) is 22.8 Å². The fraction of sp³-hybridized carbons (Fsp3) is 0.250. The van der Waals surface area contributed by atoms with E-state index in [1.54, 1.807) is 6.20 Å². The van der Waals surface area contributed by atoms with Crippen molar-refractivity contribution in [3.05, 3.63) is 72.7 Å². The van der Waals surface area contributed by atoms with Crippen molar-refractivity contribution in [3.63, 3.8) is 0 Å². The normalized spacial score (nSPS) is 14.4. The molecule has 2 aromatic carbocycles. The zero-order chi connectivity index (χ0) is 24.4. The highest BCUT2D eigenvalue weighted by Gasteiger charge is 2.33. The minimum Gasteiger partial charge on any atom is -0.368 e. The van der Waals surface area contributed by atoms with Gasteiger partial charge >= 0.3 is 6.18 Å². The van der Waals surface area contributed by atoms with E-state index in [1.807, 2.05) is 18.2 Å². The summed E-state index contributed by atoms with van der Waals surface area (Å²) in [6, 6.07) is 15.0. The van der Waals surface area contributed by atoms with Gasteiger partial charge in [0, 0.05) is 31.9 Å². The van der Waals surface area contributed by atoms with Crippen LogP contribution in [0.2, 0.25) is 0 Å². The van der Waals surface area contributed by atoms with Crippen LogP contribution in [0.25, 0.3) is 11.0 Å². The monoisotopic (exact) mass is 481 g/mol. The molecule has 1 aliphatic heterocycles. The summed E-state index contributed by atoms with van der Waals surface area (Å²) in [4.78, 5) is 25.7. The van der Waals surface area contributed by atoms with Crippen LogP contribution in [0.5, 0.6) is 0 Å². The molecule has 0 aliphatic carbocycles. The molecule has 0 saturated carbocycles. The lowest BCUT2D eigenvalue weighted by Crippen LogP contribution is -2.46. The summed E-state index contributed by atoms with van der Waals surface area (Å²) in [6.45, 7) is 2.87. The minimum absolute atomic E-state index is 0.284. The number of para-hydroxylation sites is 2. The number of halogens is 3. The highest BCUT2D eigenvalue weighted by molar-refractivity contribution is 5.93. The lowest BCUT2D eigenvalue weighted by Gasteiger charge is -2.36. The number of fused-ring (bicyclic) bond motifs is 1. The van der Waals surface area contributed by atoms with Gasteiger partial charge < -0.3 is 15.1 Å². The van der Waals surface area contributed by atoms with Gasteiger partial charge in [-0.1, -0.05) is 30.3 Å². The number of anilines is 3. The van der Waals surface area contributed by atoms with Gasteiger partial charge in [0.1, 0.15) is 18.7 Å². The Labute approximate surface area is 199 Å². The number of nitrogens with one attached hydrogen (secondary N) is 1. The van der Waals surface area contributed by atoms with Crippen LogP contribution in [0.1, 0.15) is 5.56 Å². The predicted octanol–water partition coefficient (Wildman–Crippen LogP) is 3.81. The molecule has 1 fully saturated rings. The molecule has 35 heavy (non-hydrogen) atoms. The van der Waals surface area contributed by atoms with Crippen molar-refractivity contribution < 1.29 is 18.0 Å². The zero-order valence-corrected chi connectivity index (χ0v) is 18.6. The molecule has 4 aromatic rings. The molecule has 0 unspecified atom stereocenters. The van der Waals surface area contributed by atoms with Crippen LogP contribution in [-0.2, 0) is 17.5 Å². The van der Waals surface area contributed by atoms with Crippen LogP contribution < -0.4 is 15.1 Å². The zero-order valence-electron chi connectivity index (χ0n) is 18.6. The molecule has 2 aromatic heterocycles. The van der Waals surface area contributed by atoms with Gasteiger partial charge in [-0.25, -0.2) is 14.6 Å². The Hall–Kier alpha value is -4.15. The standard InChI is InChI=1S/C24H22F3N7O/c25-24(26,27)19-8-4-5-9-20(19)31-21(35)15-34-23-18(14-30-34)22(28-16-29-23)33-12-10-32(11-13-33)17-6-2-1-3-7-17/h1-9,14,16H,10-13,15H2,(H,31,35). The van der Waals surface area contributed by atoms with E-state index in [1.165, 1.54) is 34.9 Å². The van der Waals surface area contributed by atoms with Crippen molar-refractivity contribution in [3.8, 4) is 0 Å². The molecular formula is C24H22F3N7O. The Morgan fingerprint density at radius 3 is 2.34 bits per heavy atom. The number of carbonyl (C=O) groups is 1. The molecule has 1 saturated heterocycles. The summed E-state index contributed by atoms with van der Waals surface area (Å²) < 4.78 is 41.1. The SMILES string of the molecule is O=C(Cn1ncc2c(N3CCN(c4ccccc4)CC3)ncnc21)Nc1ccccc1C(F)(F)F. The first-order valence-electron chi connectivity index (χ1n) is 11.1. The fourth-order valence-corrected chi connectivity index (χ4v) is 4.23. The summed E-state index contributed by atoms with van der Waals surface area (Å²) in [5.74, 6) is 0.0834. The van der Waals surface area contributed by atoms with Gasteiger partial charge in [0.25, 0.3) is 0 Å². The summed E-state index contributed by atoms with van der Waals surface area (Å²) in [7, 11) is 0. The van der Waals surface area contributed by atoms with E-state index in [0.717, 1.165) is 38.1 Å². The lowest BCUT2D eigenvalue weighted by atomic mass is 10.1. The molecule has 11 heteroatoms. The van der Waals surface area contributed by atoms with E-state index in [9.17, 15) is 18.0 Å². The average molecular weight is 481 g/mol. The number of nitrogens with zero attached hydrogens (tertiary/aromatic N) is 6. The molecule has 1 N–H and O–H groups in total. The van der Waals surface area contributed by atoms with E-state index >= 15 is 0 Å². The Morgan fingerprint density at radius 2 is 1.60 bits per heavy atom. The van der Waals surface area contributed by atoms with Gasteiger partial charge in [-0.2, -0.15) is 18.3 Å². The number of hydrogen-bond acceptors (Lipinski definition) is 6. The van der Waals surface area contributed by atoms with Gasteiger partial charge in [-0.05, 0) is 24.3 Å². The predicted molar refractivity (Wildman–Crippen MR) is 126 cm³/mol. The Bertz CT molecular complexity index is 1330. The topological polar surface area (TPSA) is 79.2 Å². The van der Waals surface area contributed by atoms with Gasteiger partial charge in [0.15, 0.2) is 5.65 Å². The molecule has 0 radical (unpaired) electrons. The second-order valence-corrected chi connectivity index (χ2v) is 8.14. The molecule has 1 aliphatic rings. The molecule has 1 amide bonds. The second kappa shape index (κ2) is 9.24. The van der Waals surface area contributed by atoms with Crippen molar-refractivity contribution in [1.29, 1.82) is 0 Å². The quantitative estimate of drug-likeness (QED) is 0.467. The fourth-order valence-electron chi connectivity index (χ4n) is 4.23. The summed E-state index contributed by atoms with van der Waals surface area (Å²) in [5.41, 5.74) is 0.414. The molecule has 0 bridgehead atoms. The minimum atomic E-state index is -4.57. The summed E-state index contributed by atoms with van der Waals surface area (Å²) in [6.07, 6.45) is -1.57. The van der Waals surface area contributed by atoms with Crippen LogP contribution in [0.4, 0.5) is 30.4 Å². The van der Waals surface area contributed by atoms with Gasteiger partial charge in [0.2, 0.25) is 5.91 Å². The number of alkyl halides is 3. The number of rotatable bonds is 5. The number of piperazine rings is 1. The smallest absolute Gasteiger partial charge is 0.368 e. The largest absolute Gasteiger partial charge is 0.418 e. The van der Waals surface area contributed by atoms with Gasteiger partial charge in [-0.3, -0.25) is 4.79 Å². The first kappa shape index (κ1) is 22.6. The molecule has 8 nitrogen and oxygen atoms in total. The molecule has 3 heterocycles. The number of amides is 1. The maximum Gasteiger partial charge on any atom is 0.418 e. The van der Waals surface area contributed by atoms with E-state index in [-0.39, 0.29) is 12.2 Å². The first-order chi connectivity index (χ1) is 16.9. The molecule has 5 rings (SSSR count). The van der Waals surface area contributed by atoms with Gasteiger partial charge in [-0.15, -0.1) is 0 Å². The highest BCUT2D eigenvalue weighted by atomic mass is 19.4. The van der Waals surface area contributed by atoms with Crippen LogP contribution in [0.3, 0.4) is 0 Å². The number of hydrogen-bond donors (Lipinski definition) is 1. The first-order valence-corrected chi connectivity index (χ1v) is 11.1. The molecule has 180 valence electrons. The Morgan fingerprint density at radius 1 is 0.914 bits per heavy atom. The van der Waals surface area contributed by atoms with Crippen LogP contribution in [-0.4, -0.2) is 51.8 Å². The van der Waals surface area contributed by atoms with Crippen molar-refractivity contribution in [2.75, 3.05) is 41.3 Å². The van der Waals surface area contributed by atoms with E-state index in [2.05, 4.69) is 42.3 Å².